The molecular weight excluding hydrogens is 396 g/mol. The summed E-state index contributed by atoms with van der Waals surface area (Å²) in [7, 11) is 0. The topological polar surface area (TPSA) is 63.2 Å². The molecule has 6 nitrogen and oxygen atoms in total. The maximum atomic E-state index is 12.2. The van der Waals surface area contributed by atoms with Crippen molar-refractivity contribution in [1.82, 2.24) is 0 Å². The Morgan fingerprint density at radius 1 is 0.806 bits per heavy atom. The predicted octanol–water partition coefficient (Wildman–Crippen LogP) is 6.20. The van der Waals surface area contributed by atoms with E-state index < -0.39 is 5.97 Å². The first-order valence-corrected chi connectivity index (χ1v) is 11.6. The number of benzene rings is 1. The molecule has 0 fully saturated rings. The molecule has 1 unspecified atom stereocenters. The molecule has 1 rings (SSSR count). The van der Waals surface area contributed by atoms with Crippen LogP contribution in [0.5, 0.6) is 23.0 Å². The van der Waals surface area contributed by atoms with Crippen molar-refractivity contribution in [3.63, 3.8) is 0 Å². The van der Waals surface area contributed by atoms with Gasteiger partial charge in [0, 0.05) is 11.6 Å². The van der Waals surface area contributed by atoms with Crippen LogP contribution < -0.4 is 18.9 Å². The van der Waals surface area contributed by atoms with E-state index in [4.69, 9.17) is 23.7 Å². The fraction of sp³-hybridized carbons (Fsp3) is 0.640. The Kier molecular flexibility index (Phi) is 13.3. The number of hydrogen-bond acceptors (Lipinski definition) is 6. The molecule has 31 heavy (non-hydrogen) atoms. The summed E-state index contributed by atoms with van der Waals surface area (Å²) in [5, 5.41) is 0. The van der Waals surface area contributed by atoms with E-state index in [1.807, 2.05) is 47.6 Å². The zero-order chi connectivity index (χ0) is 23.1. The molecule has 0 aliphatic carbocycles. The number of ether oxygens (including phenoxy) is 5. The maximum Gasteiger partial charge on any atom is 0.331 e. The lowest BCUT2D eigenvalue weighted by Crippen LogP contribution is -2.11. The minimum absolute atomic E-state index is 0.135. The summed E-state index contributed by atoms with van der Waals surface area (Å²) >= 11 is 0. The molecule has 0 amide bonds. The van der Waals surface area contributed by atoms with Crippen LogP contribution in [0.2, 0.25) is 0 Å². The monoisotopic (exact) mass is 436 g/mol. The van der Waals surface area contributed by atoms with Gasteiger partial charge in [0.15, 0.2) is 11.5 Å². The standard InChI is InChI=1S/C25H40O6/c1-7-14-27-21-18-20(12-13-22(26)31-19(6)11-5)23(28-15-8-2)25(30-17-10-4)24(21)29-16-9-3/h12-13,18-19H,7-11,14-17H2,1-6H3. The molecule has 0 saturated heterocycles. The number of carbonyl (C=O) groups is 1. The van der Waals surface area contributed by atoms with E-state index in [2.05, 4.69) is 0 Å². The molecular formula is C25H40O6. The fourth-order valence-electron chi connectivity index (χ4n) is 2.57. The van der Waals surface area contributed by atoms with Crippen molar-refractivity contribution >= 4 is 12.0 Å². The van der Waals surface area contributed by atoms with Gasteiger partial charge in [-0.15, -0.1) is 0 Å². The first-order valence-electron chi connectivity index (χ1n) is 11.6. The quantitative estimate of drug-likeness (QED) is 0.227. The van der Waals surface area contributed by atoms with Gasteiger partial charge in [0.25, 0.3) is 0 Å². The van der Waals surface area contributed by atoms with E-state index in [1.165, 1.54) is 6.08 Å². The highest BCUT2D eigenvalue weighted by Gasteiger charge is 2.23. The number of carbonyl (C=O) groups excluding carboxylic acids is 1. The van der Waals surface area contributed by atoms with Crippen molar-refractivity contribution in [2.45, 2.75) is 79.8 Å². The molecule has 0 aromatic heterocycles. The van der Waals surface area contributed by atoms with Gasteiger partial charge in [0.05, 0.1) is 32.5 Å². The molecule has 0 aliphatic heterocycles. The first-order chi connectivity index (χ1) is 15.0. The molecule has 0 saturated carbocycles. The summed E-state index contributed by atoms with van der Waals surface area (Å²) in [4.78, 5) is 12.2. The Balaban J connectivity index is 3.49. The molecule has 0 radical (unpaired) electrons. The second kappa shape index (κ2) is 15.4. The van der Waals surface area contributed by atoms with Gasteiger partial charge in [-0.05, 0) is 51.2 Å². The molecule has 1 aromatic carbocycles. The number of rotatable bonds is 16. The Hall–Kier alpha value is -2.37. The van der Waals surface area contributed by atoms with Crippen molar-refractivity contribution in [2.75, 3.05) is 26.4 Å². The van der Waals surface area contributed by atoms with Gasteiger partial charge in [-0.2, -0.15) is 0 Å². The summed E-state index contributed by atoms with van der Waals surface area (Å²) in [5.74, 6) is 1.81. The third kappa shape index (κ3) is 9.11. The van der Waals surface area contributed by atoms with Crippen LogP contribution in [0, 0.1) is 0 Å². The smallest absolute Gasteiger partial charge is 0.331 e. The molecule has 0 N–H and O–H groups in total. The van der Waals surface area contributed by atoms with Gasteiger partial charge in [-0.3, -0.25) is 0 Å². The minimum atomic E-state index is -0.394. The Bertz CT molecular complexity index is 683. The van der Waals surface area contributed by atoms with E-state index in [-0.39, 0.29) is 6.10 Å². The SMILES string of the molecule is CCCOc1cc(C=CC(=O)OC(C)CC)c(OCCC)c(OCCC)c1OCCC. The maximum absolute atomic E-state index is 12.2. The van der Waals surface area contributed by atoms with Crippen LogP contribution in [0.25, 0.3) is 6.08 Å². The molecule has 6 heteroatoms. The van der Waals surface area contributed by atoms with Gasteiger partial charge in [0.2, 0.25) is 11.5 Å². The van der Waals surface area contributed by atoms with Crippen molar-refractivity contribution in [3.8, 4) is 23.0 Å². The number of esters is 1. The van der Waals surface area contributed by atoms with Crippen LogP contribution in [0.15, 0.2) is 12.1 Å². The zero-order valence-corrected chi connectivity index (χ0v) is 20.1. The Morgan fingerprint density at radius 2 is 1.32 bits per heavy atom. The fourth-order valence-corrected chi connectivity index (χ4v) is 2.57. The third-order valence-corrected chi connectivity index (χ3v) is 4.29. The first kappa shape index (κ1) is 26.7. The average molecular weight is 437 g/mol. The number of hydrogen-bond donors (Lipinski definition) is 0. The molecule has 1 aromatic rings. The van der Waals surface area contributed by atoms with Gasteiger partial charge in [-0.1, -0.05) is 34.6 Å². The lowest BCUT2D eigenvalue weighted by molar-refractivity contribution is -0.142. The predicted molar refractivity (Wildman–Crippen MR) is 124 cm³/mol. The Labute approximate surface area is 187 Å². The van der Waals surface area contributed by atoms with Gasteiger partial charge < -0.3 is 23.7 Å². The van der Waals surface area contributed by atoms with E-state index in [0.29, 0.717) is 55.0 Å². The van der Waals surface area contributed by atoms with E-state index in [9.17, 15) is 4.79 Å². The molecule has 176 valence electrons. The van der Waals surface area contributed by atoms with Crippen LogP contribution in [0.1, 0.15) is 79.2 Å². The summed E-state index contributed by atoms with van der Waals surface area (Å²) in [6.07, 6.45) is 7.13. The third-order valence-electron chi connectivity index (χ3n) is 4.29. The molecule has 0 heterocycles. The Morgan fingerprint density at radius 3 is 1.87 bits per heavy atom. The van der Waals surface area contributed by atoms with Crippen LogP contribution in [0.4, 0.5) is 0 Å². The van der Waals surface area contributed by atoms with Crippen molar-refractivity contribution in [3.05, 3.63) is 17.7 Å². The minimum Gasteiger partial charge on any atom is -0.490 e. The van der Waals surface area contributed by atoms with Gasteiger partial charge in [-0.25, -0.2) is 4.79 Å². The largest absolute Gasteiger partial charge is 0.490 e. The summed E-state index contributed by atoms with van der Waals surface area (Å²) in [6.45, 7) is 14.1. The van der Waals surface area contributed by atoms with E-state index in [1.54, 1.807) is 6.08 Å². The average Bonchev–Trinajstić information content (AvgIpc) is 2.77. The second-order valence-corrected chi connectivity index (χ2v) is 7.33. The van der Waals surface area contributed by atoms with Crippen LogP contribution in [-0.2, 0) is 9.53 Å². The van der Waals surface area contributed by atoms with E-state index >= 15 is 0 Å². The van der Waals surface area contributed by atoms with Gasteiger partial charge >= 0.3 is 5.97 Å². The molecule has 0 aliphatic rings. The zero-order valence-electron chi connectivity index (χ0n) is 20.1. The normalized spacial score (nSPS) is 11.9. The second-order valence-electron chi connectivity index (χ2n) is 7.33. The van der Waals surface area contributed by atoms with E-state index in [0.717, 1.165) is 32.1 Å². The van der Waals surface area contributed by atoms with Crippen molar-refractivity contribution in [2.24, 2.45) is 0 Å². The molecule has 0 spiro atoms. The van der Waals surface area contributed by atoms with Crippen LogP contribution in [0.3, 0.4) is 0 Å². The lowest BCUT2D eigenvalue weighted by Gasteiger charge is -2.21. The summed E-state index contributed by atoms with van der Waals surface area (Å²) in [6, 6.07) is 1.84. The highest BCUT2D eigenvalue weighted by atomic mass is 16.6. The summed E-state index contributed by atoms with van der Waals surface area (Å²) < 4.78 is 29.5. The highest BCUT2D eigenvalue weighted by molar-refractivity contribution is 5.88. The molecule has 0 bridgehead atoms. The van der Waals surface area contributed by atoms with Crippen molar-refractivity contribution in [1.29, 1.82) is 0 Å². The van der Waals surface area contributed by atoms with Crippen LogP contribution >= 0.6 is 0 Å². The summed E-state index contributed by atoms with van der Waals surface area (Å²) in [5.41, 5.74) is 0.690. The van der Waals surface area contributed by atoms with Crippen LogP contribution in [-0.4, -0.2) is 38.5 Å². The van der Waals surface area contributed by atoms with Gasteiger partial charge in [0.1, 0.15) is 0 Å². The lowest BCUT2D eigenvalue weighted by atomic mass is 10.1. The molecule has 1 atom stereocenters. The van der Waals surface area contributed by atoms with Crippen molar-refractivity contribution < 1.29 is 28.5 Å². The highest BCUT2D eigenvalue weighted by Crippen LogP contribution is 2.48.